The third-order valence-corrected chi connectivity index (χ3v) is 5.13. The minimum Gasteiger partial charge on any atom is -0.489 e. The number of para-hydroxylation sites is 1. The number of hydrogen-bond donors (Lipinski definition) is 3. The van der Waals surface area contributed by atoms with Gasteiger partial charge in [-0.3, -0.25) is 9.79 Å². The molecule has 2 aromatic carbocycles. The zero-order chi connectivity index (χ0) is 21.2. The van der Waals surface area contributed by atoms with Gasteiger partial charge in [0.05, 0.1) is 0 Å². The number of carbonyl (C=O) groups excluding carboxylic acids is 1. The SMILES string of the molecule is C=CCOc1ccccc1CNC(=NC)NCc1cccc(NC(=O)C2CCC2)c1. The van der Waals surface area contributed by atoms with Crippen molar-refractivity contribution in [3.8, 4) is 5.75 Å². The topological polar surface area (TPSA) is 74.8 Å². The molecule has 6 nitrogen and oxygen atoms in total. The number of hydrogen-bond acceptors (Lipinski definition) is 3. The number of benzene rings is 2. The van der Waals surface area contributed by atoms with Gasteiger partial charge in [-0.2, -0.15) is 0 Å². The number of rotatable bonds is 9. The number of nitrogens with one attached hydrogen (secondary N) is 3. The van der Waals surface area contributed by atoms with Crippen LogP contribution in [0.5, 0.6) is 5.75 Å². The first-order chi connectivity index (χ1) is 14.7. The first-order valence-corrected chi connectivity index (χ1v) is 10.4. The minimum atomic E-state index is 0.126. The summed E-state index contributed by atoms with van der Waals surface area (Å²) in [5, 5.41) is 9.65. The standard InChI is InChI=1S/C24H30N4O2/c1-3-14-30-22-13-5-4-9-20(22)17-27-24(25-2)26-16-18-8-6-12-21(15-18)28-23(29)19-10-7-11-19/h3-6,8-9,12-13,15,19H,1,7,10-11,14,16-17H2,2H3,(H,28,29)(H2,25,26,27). The summed E-state index contributed by atoms with van der Waals surface area (Å²) in [5.41, 5.74) is 2.95. The van der Waals surface area contributed by atoms with Crippen LogP contribution in [0, 0.1) is 5.92 Å². The van der Waals surface area contributed by atoms with Crippen LogP contribution in [0.25, 0.3) is 0 Å². The predicted octanol–water partition coefficient (Wildman–Crippen LogP) is 3.86. The summed E-state index contributed by atoms with van der Waals surface area (Å²) in [4.78, 5) is 16.5. The Balaban J connectivity index is 1.51. The number of anilines is 1. The van der Waals surface area contributed by atoms with Crippen LogP contribution in [0.15, 0.2) is 66.2 Å². The van der Waals surface area contributed by atoms with Gasteiger partial charge < -0.3 is 20.7 Å². The fourth-order valence-corrected chi connectivity index (χ4v) is 3.20. The van der Waals surface area contributed by atoms with Crippen molar-refractivity contribution in [1.82, 2.24) is 10.6 Å². The zero-order valence-electron chi connectivity index (χ0n) is 17.5. The number of amides is 1. The second-order valence-corrected chi connectivity index (χ2v) is 7.30. The van der Waals surface area contributed by atoms with E-state index in [1.165, 1.54) is 0 Å². The molecule has 0 atom stereocenters. The van der Waals surface area contributed by atoms with Gasteiger partial charge in [0.2, 0.25) is 5.91 Å². The van der Waals surface area contributed by atoms with Gasteiger partial charge in [-0.1, -0.05) is 49.4 Å². The lowest BCUT2D eigenvalue weighted by Crippen LogP contribution is -2.36. The van der Waals surface area contributed by atoms with Gasteiger partial charge in [0.1, 0.15) is 12.4 Å². The molecule has 1 fully saturated rings. The maximum absolute atomic E-state index is 12.2. The molecule has 1 aliphatic carbocycles. The zero-order valence-corrected chi connectivity index (χ0v) is 17.5. The second-order valence-electron chi connectivity index (χ2n) is 7.30. The largest absolute Gasteiger partial charge is 0.489 e. The Kier molecular flexibility index (Phi) is 7.89. The van der Waals surface area contributed by atoms with Gasteiger partial charge in [-0.25, -0.2) is 0 Å². The van der Waals surface area contributed by atoms with Gasteiger partial charge in [0, 0.05) is 37.3 Å². The lowest BCUT2D eigenvalue weighted by molar-refractivity contribution is -0.122. The van der Waals surface area contributed by atoms with Crippen molar-refractivity contribution >= 4 is 17.6 Å². The first-order valence-electron chi connectivity index (χ1n) is 10.4. The monoisotopic (exact) mass is 406 g/mol. The maximum atomic E-state index is 12.2. The highest BCUT2D eigenvalue weighted by atomic mass is 16.5. The summed E-state index contributed by atoms with van der Waals surface area (Å²) in [6.45, 7) is 5.35. The van der Waals surface area contributed by atoms with E-state index in [2.05, 4.69) is 27.5 Å². The third-order valence-electron chi connectivity index (χ3n) is 5.13. The van der Waals surface area contributed by atoms with E-state index in [1.807, 2.05) is 48.5 Å². The van der Waals surface area contributed by atoms with Crippen molar-refractivity contribution in [3.05, 3.63) is 72.3 Å². The lowest BCUT2D eigenvalue weighted by atomic mass is 9.85. The van der Waals surface area contributed by atoms with E-state index in [1.54, 1.807) is 13.1 Å². The highest BCUT2D eigenvalue weighted by Gasteiger charge is 2.25. The number of carbonyl (C=O) groups is 1. The van der Waals surface area contributed by atoms with Crippen LogP contribution in [0.3, 0.4) is 0 Å². The van der Waals surface area contributed by atoms with Gasteiger partial charge in [-0.15, -0.1) is 0 Å². The molecule has 3 rings (SSSR count). The Morgan fingerprint density at radius 2 is 1.97 bits per heavy atom. The van der Waals surface area contributed by atoms with E-state index >= 15 is 0 Å². The van der Waals surface area contributed by atoms with Crippen LogP contribution in [0.2, 0.25) is 0 Å². The van der Waals surface area contributed by atoms with Crippen LogP contribution in [-0.2, 0) is 17.9 Å². The van der Waals surface area contributed by atoms with Crippen molar-refractivity contribution in [2.75, 3.05) is 19.0 Å². The number of guanidine groups is 1. The maximum Gasteiger partial charge on any atom is 0.227 e. The van der Waals surface area contributed by atoms with Crippen molar-refractivity contribution in [1.29, 1.82) is 0 Å². The van der Waals surface area contributed by atoms with Gasteiger partial charge in [-0.05, 0) is 36.6 Å². The van der Waals surface area contributed by atoms with Crippen LogP contribution in [0.1, 0.15) is 30.4 Å². The average molecular weight is 407 g/mol. The molecule has 6 heteroatoms. The molecule has 2 aromatic rings. The van der Waals surface area contributed by atoms with Crippen LogP contribution >= 0.6 is 0 Å². The minimum absolute atomic E-state index is 0.126. The molecule has 0 spiro atoms. The molecule has 0 aliphatic heterocycles. The highest BCUT2D eigenvalue weighted by Crippen LogP contribution is 2.27. The van der Waals surface area contributed by atoms with Crippen molar-refractivity contribution in [2.24, 2.45) is 10.9 Å². The van der Waals surface area contributed by atoms with Gasteiger partial charge in [0.15, 0.2) is 5.96 Å². The molecule has 3 N–H and O–H groups in total. The second kappa shape index (κ2) is 11.0. The molecule has 1 saturated carbocycles. The predicted molar refractivity (Wildman–Crippen MR) is 122 cm³/mol. The van der Waals surface area contributed by atoms with Gasteiger partial charge >= 0.3 is 0 Å². The molecule has 0 aromatic heterocycles. The molecule has 0 saturated heterocycles. The third kappa shape index (κ3) is 6.11. The Labute approximate surface area is 178 Å². The Morgan fingerprint density at radius 1 is 1.17 bits per heavy atom. The van der Waals surface area contributed by atoms with Crippen molar-refractivity contribution in [3.63, 3.8) is 0 Å². The molecule has 0 radical (unpaired) electrons. The quantitative estimate of drug-likeness (QED) is 0.336. The smallest absolute Gasteiger partial charge is 0.227 e. The van der Waals surface area contributed by atoms with E-state index in [0.717, 1.165) is 41.8 Å². The van der Waals surface area contributed by atoms with E-state index < -0.39 is 0 Å². The molecular formula is C24H30N4O2. The number of nitrogens with zero attached hydrogens (tertiary/aromatic N) is 1. The molecule has 0 heterocycles. The van der Waals surface area contributed by atoms with Crippen LogP contribution in [0.4, 0.5) is 5.69 Å². The summed E-state index contributed by atoms with van der Waals surface area (Å²) in [6.07, 6.45) is 4.88. The average Bonchev–Trinajstić information content (AvgIpc) is 2.72. The summed E-state index contributed by atoms with van der Waals surface area (Å²) >= 11 is 0. The summed E-state index contributed by atoms with van der Waals surface area (Å²) < 4.78 is 5.70. The molecule has 0 unspecified atom stereocenters. The van der Waals surface area contributed by atoms with E-state index in [-0.39, 0.29) is 11.8 Å². The lowest BCUT2D eigenvalue weighted by Gasteiger charge is -2.24. The molecule has 1 aliphatic rings. The molecule has 0 bridgehead atoms. The van der Waals surface area contributed by atoms with Gasteiger partial charge in [0.25, 0.3) is 0 Å². The Morgan fingerprint density at radius 3 is 2.70 bits per heavy atom. The summed E-state index contributed by atoms with van der Waals surface area (Å²) in [7, 11) is 1.74. The summed E-state index contributed by atoms with van der Waals surface area (Å²) in [5.74, 6) is 1.82. The molecule has 158 valence electrons. The molecule has 30 heavy (non-hydrogen) atoms. The van der Waals surface area contributed by atoms with E-state index in [9.17, 15) is 4.79 Å². The fourth-order valence-electron chi connectivity index (χ4n) is 3.20. The summed E-state index contributed by atoms with van der Waals surface area (Å²) in [6, 6.07) is 15.8. The van der Waals surface area contributed by atoms with E-state index in [4.69, 9.17) is 4.74 Å². The Bertz CT molecular complexity index is 890. The first kappa shape index (κ1) is 21.4. The van der Waals surface area contributed by atoms with Crippen LogP contribution in [-0.4, -0.2) is 25.5 Å². The molecular weight excluding hydrogens is 376 g/mol. The fraction of sp³-hybridized carbons (Fsp3) is 0.333. The number of aliphatic imine (C=N–C) groups is 1. The van der Waals surface area contributed by atoms with Crippen molar-refractivity contribution in [2.45, 2.75) is 32.4 Å². The highest BCUT2D eigenvalue weighted by molar-refractivity contribution is 5.93. The molecule has 1 amide bonds. The Hall–Kier alpha value is -3.28. The van der Waals surface area contributed by atoms with Crippen LogP contribution < -0.4 is 20.7 Å². The number of ether oxygens (including phenoxy) is 1. The van der Waals surface area contributed by atoms with Crippen molar-refractivity contribution < 1.29 is 9.53 Å². The van der Waals surface area contributed by atoms with E-state index in [0.29, 0.717) is 25.7 Å². The normalized spacial score (nSPS) is 13.8.